The third-order valence-electron chi connectivity index (χ3n) is 3.92. The van der Waals surface area contributed by atoms with Crippen LogP contribution in [0.3, 0.4) is 0 Å². The van der Waals surface area contributed by atoms with E-state index in [-0.39, 0.29) is 0 Å². The highest BCUT2D eigenvalue weighted by Gasteiger charge is 2.26. The van der Waals surface area contributed by atoms with Crippen LogP contribution in [-0.2, 0) is 14.8 Å². The lowest BCUT2D eigenvalue weighted by atomic mass is 10.3. The van der Waals surface area contributed by atoms with Crippen LogP contribution in [0.15, 0.2) is 41.3 Å². The maximum atomic E-state index is 12.5. The lowest BCUT2D eigenvalue weighted by molar-refractivity contribution is 0.0730. The molecule has 1 heterocycles. The summed E-state index contributed by atoms with van der Waals surface area (Å²) in [5, 5.41) is 3.27. The van der Waals surface area contributed by atoms with Gasteiger partial charge in [-0.1, -0.05) is 12.2 Å². The number of anilines is 1. The van der Waals surface area contributed by atoms with Gasteiger partial charge in [-0.3, -0.25) is 0 Å². The monoisotopic (exact) mass is 322 g/mol. The van der Waals surface area contributed by atoms with E-state index in [1.165, 1.54) is 17.1 Å². The molecule has 0 atom stereocenters. The number of hydrogen-bond donors (Lipinski definition) is 1. The van der Waals surface area contributed by atoms with Gasteiger partial charge >= 0.3 is 0 Å². The second-order valence-electron chi connectivity index (χ2n) is 5.69. The average Bonchev–Trinajstić information content (AvgIpc) is 3.37. The van der Waals surface area contributed by atoms with Crippen molar-refractivity contribution in [1.82, 2.24) is 4.31 Å². The Morgan fingerprint density at radius 2 is 1.86 bits per heavy atom. The number of ether oxygens (including phenoxy) is 1. The Bertz CT molecular complexity index is 615. The summed E-state index contributed by atoms with van der Waals surface area (Å²) in [4.78, 5) is 0.341. The van der Waals surface area contributed by atoms with Crippen LogP contribution in [0.4, 0.5) is 5.69 Å². The first-order chi connectivity index (χ1) is 10.7. The van der Waals surface area contributed by atoms with Gasteiger partial charge in [0.2, 0.25) is 10.0 Å². The van der Waals surface area contributed by atoms with Crippen molar-refractivity contribution < 1.29 is 13.2 Å². The van der Waals surface area contributed by atoms with Gasteiger partial charge in [0.25, 0.3) is 0 Å². The number of sulfonamides is 1. The fraction of sp³-hybridized carbons (Fsp3) is 0.500. The maximum Gasteiger partial charge on any atom is 0.243 e. The largest absolute Gasteiger partial charge is 0.382 e. The molecule has 5 nitrogen and oxygen atoms in total. The third kappa shape index (κ3) is 3.88. The summed E-state index contributed by atoms with van der Waals surface area (Å²) in [7, 11) is -3.40. The molecule has 120 valence electrons. The van der Waals surface area contributed by atoms with Crippen LogP contribution >= 0.6 is 0 Å². The molecule has 1 saturated carbocycles. The molecule has 1 saturated heterocycles. The summed E-state index contributed by atoms with van der Waals surface area (Å²) in [5.74, 6) is 0.780. The fourth-order valence-electron chi connectivity index (χ4n) is 2.41. The average molecular weight is 322 g/mol. The number of nitrogens with one attached hydrogen (secondary N) is 1. The predicted octanol–water partition coefficient (Wildman–Crippen LogP) is 2.09. The molecule has 1 N–H and O–H groups in total. The molecule has 0 radical (unpaired) electrons. The van der Waals surface area contributed by atoms with Gasteiger partial charge in [0.1, 0.15) is 0 Å². The zero-order chi connectivity index (χ0) is 15.4. The highest BCUT2D eigenvalue weighted by Crippen LogP contribution is 2.29. The summed E-state index contributed by atoms with van der Waals surface area (Å²) < 4.78 is 31.6. The number of rotatable bonds is 6. The summed E-state index contributed by atoms with van der Waals surface area (Å²) >= 11 is 0. The van der Waals surface area contributed by atoms with E-state index >= 15 is 0 Å². The van der Waals surface area contributed by atoms with E-state index in [9.17, 15) is 8.42 Å². The smallest absolute Gasteiger partial charge is 0.243 e. The number of nitrogens with zero attached hydrogens (tertiary/aromatic N) is 1. The Labute approximate surface area is 132 Å². The van der Waals surface area contributed by atoms with Crippen molar-refractivity contribution in [2.24, 2.45) is 5.92 Å². The quantitative estimate of drug-likeness (QED) is 0.815. The molecule has 1 aliphatic heterocycles. The Balaban J connectivity index is 1.59. The Morgan fingerprint density at radius 3 is 2.50 bits per heavy atom. The summed E-state index contributed by atoms with van der Waals surface area (Å²) in [5.41, 5.74) is 0.932. The van der Waals surface area contributed by atoms with Gasteiger partial charge in [-0.2, -0.15) is 4.31 Å². The van der Waals surface area contributed by atoms with Gasteiger partial charge in [0.05, 0.1) is 18.1 Å². The second-order valence-corrected chi connectivity index (χ2v) is 7.63. The van der Waals surface area contributed by atoms with Gasteiger partial charge in [-0.05, 0) is 43.0 Å². The minimum atomic E-state index is -3.40. The molecule has 1 aliphatic carbocycles. The molecule has 3 rings (SSSR count). The van der Waals surface area contributed by atoms with Crippen molar-refractivity contribution in [3.63, 3.8) is 0 Å². The van der Waals surface area contributed by atoms with Crippen molar-refractivity contribution >= 4 is 15.7 Å². The molecule has 0 spiro atoms. The zero-order valence-electron chi connectivity index (χ0n) is 12.6. The number of benzene rings is 1. The Hall–Kier alpha value is -1.37. The van der Waals surface area contributed by atoms with Gasteiger partial charge in [-0.15, -0.1) is 0 Å². The SMILES string of the molecule is O=S(=O)(c1ccc(NC/C=C/C2CC2)cc1)N1CCOCC1. The van der Waals surface area contributed by atoms with Crippen LogP contribution < -0.4 is 5.32 Å². The first-order valence-corrected chi connectivity index (χ1v) is 9.19. The molecule has 22 heavy (non-hydrogen) atoms. The molecule has 1 aromatic rings. The van der Waals surface area contributed by atoms with E-state index < -0.39 is 10.0 Å². The number of morpholine rings is 1. The van der Waals surface area contributed by atoms with Gasteiger partial charge in [0.15, 0.2) is 0 Å². The summed E-state index contributed by atoms with van der Waals surface area (Å²) in [6, 6.07) is 6.96. The standard InChI is InChI=1S/C16H22N2O3S/c19-22(20,18-10-12-21-13-11-18)16-7-5-15(6-8-16)17-9-1-2-14-3-4-14/h1-2,5-8,14,17H,3-4,9-13H2/b2-1+. The van der Waals surface area contributed by atoms with Gasteiger partial charge < -0.3 is 10.1 Å². The maximum absolute atomic E-state index is 12.5. The highest BCUT2D eigenvalue weighted by atomic mass is 32.2. The van der Waals surface area contributed by atoms with E-state index in [4.69, 9.17) is 4.74 Å². The number of hydrogen-bond acceptors (Lipinski definition) is 4. The zero-order valence-corrected chi connectivity index (χ0v) is 13.4. The van der Waals surface area contributed by atoms with Crippen LogP contribution in [0.2, 0.25) is 0 Å². The van der Waals surface area contributed by atoms with E-state index in [0.717, 1.165) is 18.2 Å². The van der Waals surface area contributed by atoms with Crippen LogP contribution in [0, 0.1) is 5.92 Å². The van der Waals surface area contributed by atoms with Crippen LogP contribution in [0.5, 0.6) is 0 Å². The molecule has 0 aromatic heterocycles. The molecule has 1 aromatic carbocycles. The van der Waals surface area contributed by atoms with E-state index in [1.807, 2.05) is 12.1 Å². The summed E-state index contributed by atoms with van der Waals surface area (Å²) in [6.45, 7) is 2.55. The van der Waals surface area contributed by atoms with Crippen LogP contribution in [0.25, 0.3) is 0 Å². The number of allylic oxidation sites excluding steroid dienone is 1. The highest BCUT2D eigenvalue weighted by molar-refractivity contribution is 7.89. The van der Waals surface area contributed by atoms with E-state index in [0.29, 0.717) is 31.2 Å². The molecular formula is C16H22N2O3S. The predicted molar refractivity (Wildman–Crippen MR) is 86.4 cm³/mol. The molecular weight excluding hydrogens is 300 g/mol. The molecule has 2 aliphatic rings. The normalized spacial score (nSPS) is 20.4. The molecule has 0 bridgehead atoms. The Kier molecular flexibility index (Phi) is 4.81. The minimum Gasteiger partial charge on any atom is -0.382 e. The van der Waals surface area contributed by atoms with Crippen LogP contribution in [-0.4, -0.2) is 45.6 Å². The topological polar surface area (TPSA) is 58.6 Å². The van der Waals surface area contributed by atoms with Crippen molar-refractivity contribution in [2.75, 3.05) is 38.2 Å². The van der Waals surface area contributed by atoms with Gasteiger partial charge in [0, 0.05) is 25.3 Å². The first kappa shape index (κ1) is 15.5. The van der Waals surface area contributed by atoms with Crippen molar-refractivity contribution in [2.45, 2.75) is 17.7 Å². The van der Waals surface area contributed by atoms with Crippen molar-refractivity contribution in [3.05, 3.63) is 36.4 Å². The fourth-order valence-corrected chi connectivity index (χ4v) is 3.81. The van der Waals surface area contributed by atoms with Crippen molar-refractivity contribution in [3.8, 4) is 0 Å². The van der Waals surface area contributed by atoms with Crippen LogP contribution in [0.1, 0.15) is 12.8 Å². The molecule has 0 unspecified atom stereocenters. The van der Waals surface area contributed by atoms with Gasteiger partial charge in [-0.25, -0.2) is 8.42 Å². The van der Waals surface area contributed by atoms with E-state index in [2.05, 4.69) is 17.5 Å². The molecule has 0 amide bonds. The Morgan fingerprint density at radius 1 is 1.18 bits per heavy atom. The second kappa shape index (κ2) is 6.81. The molecule has 2 fully saturated rings. The first-order valence-electron chi connectivity index (χ1n) is 7.75. The van der Waals surface area contributed by atoms with Crippen molar-refractivity contribution in [1.29, 1.82) is 0 Å². The lowest BCUT2D eigenvalue weighted by Crippen LogP contribution is -2.40. The molecule has 6 heteroatoms. The van der Waals surface area contributed by atoms with E-state index in [1.54, 1.807) is 12.1 Å². The lowest BCUT2D eigenvalue weighted by Gasteiger charge is -2.26. The third-order valence-corrected chi connectivity index (χ3v) is 5.83. The summed E-state index contributed by atoms with van der Waals surface area (Å²) in [6.07, 6.45) is 7.00. The minimum absolute atomic E-state index is 0.341.